The molecule has 0 bridgehead atoms. The van der Waals surface area contributed by atoms with Gasteiger partial charge in [0.25, 0.3) is 0 Å². The van der Waals surface area contributed by atoms with Crippen LogP contribution in [0.2, 0.25) is 0 Å². The van der Waals surface area contributed by atoms with Gasteiger partial charge < -0.3 is 19.7 Å². The molecule has 0 spiro atoms. The lowest BCUT2D eigenvalue weighted by molar-refractivity contribution is -0.135. The van der Waals surface area contributed by atoms with Gasteiger partial charge in [-0.05, 0) is 42.2 Å². The number of rotatable bonds is 7. The molecule has 1 saturated heterocycles. The van der Waals surface area contributed by atoms with Gasteiger partial charge in [0.1, 0.15) is 0 Å². The predicted octanol–water partition coefficient (Wildman–Crippen LogP) is 2.20. The van der Waals surface area contributed by atoms with Crippen LogP contribution in [-0.4, -0.2) is 49.0 Å². The van der Waals surface area contributed by atoms with E-state index in [9.17, 15) is 9.59 Å². The average Bonchev–Trinajstić information content (AvgIpc) is 2.78. The van der Waals surface area contributed by atoms with Gasteiger partial charge in [0, 0.05) is 37.9 Å². The quantitative estimate of drug-likeness (QED) is 0.775. The molecule has 1 aliphatic rings. The number of piperidine rings is 1. The van der Waals surface area contributed by atoms with E-state index in [1.807, 2.05) is 29.2 Å². The maximum absolute atomic E-state index is 12.7. The van der Waals surface area contributed by atoms with Gasteiger partial charge in [-0.15, -0.1) is 0 Å². The van der Waals surface area contributed by atoms with Crippen molar-refractivity contribution in [3.8, 4) is 11.5 Å². The van der Waals surface area contributed by atoms with Crippen LogP contribution in [0.25, 0.3) is 0 Å². The van der Waals surface area contributed by atoms with Crippen molar-refractivity contribution < 1.29 is 19.1 Å². The third kappa shape index (κ3) is 5.47. The van der Waals surface area contributed by atoms with E-state index in [-0.39, 0.29) is 17.7 Å². The highest BCUT2D eigenvalue weighted by atomic mass is 16.5. The highest BCUT2D eigenvalue weighted by molar-refractivity contribution is 5.81. The van der Waals surface area contributed by atoms with E-state index in [0.717, 1.165) is 11.1 Å². The van der Waals surface area contributed by atoms with E-state index in [0.29, 0.717) is 50.4 Å². The molecule has 1 fully saturated rings. The van der Waals surface area contributed by atoms with E-state index >= 15 is 0 Å². The molecule has 0 radical (unpaired) electrons. The fourth-order valence-corrected chi connectivity index (χ4v) is 3.50. The summed E-state index contributed by atoms with van der Waals surface area (Å²) in [5.41, 5.74) is 1.85. The summed E-state index contributed by atoms with van der Waals surface area (Å²) in [7, 11) is 3.16. The van der Waals surface area contributed by atoms with Crippen LogP contribution in [0.1, 0.15) is 24.0 Å². The number of hydrogen-bond acceptors (Lipinski definition) is 5. The third-order valence-corrected chi connectivity index (χ3v) is 5.21. The van der Waals surface area contributed by atoms with E-state index in [4.69, 9.17) is 9.47 Å². The lowest BCUT2D eigenvalue weighted by Gasteiger charge is -2.31. The first-order valence-corrected chi connectivity index (χ1v) is 9.76. The SMILES string of the molecule is COc1ccc(CC(=O)N2CCC(C(=O)NCc3cccnc3)CC2)cc1OC. The Bertz CT molecular complexity index is 833. The van der Waals surface area contributed by atoms with Gasteiger partial charge in [-0.25, -0.2) is 0 Å². The summed E-state index contributed by atoms with van der Waals surface area (Å²) < 4.78 is 10.5. The second-order valence-corrected chi connectivity index (χ2v) is 7.10. The lowest BCUT2D eigenvalue weighted by atomic mass is 9.95. The fraction of sp³-hybridized carbons (Fsp3) is 0.409. The van der Waals surface area contributed by atoms with Crippen LogP contribution in [0, 0.1) is 5.92 Å². The first-order chi connectivity index (χ1) is 14.1. The van der Waals surface area contributed by atoms with Crippen LogP contribution < -0.4 is 14.8 Å². The number of aromatic nitrogens is 1. The van der Waals surface area contributed by atoms with Crippen LogP contribution in [0.5, 0.6) is 11.5 Å². The summed E-state index contributed by atoms with van der Waals surface area (Å²) >= 11 is 0. The number of nitrogens with zero attached hydrogens (tertiary/aromatic N) is 2. The number of carbonyl (C=O) groups excluding carboxylic acids is 2. The molecular formula is C22H27N3O4. The summed E-state index contributed by atoms with van der Waals surface area (Å²) in [5.74, 6) is 1.30. The lowest BCUT2D eigenvalue weighted by Crippen LogP contribution is -2.43. The average molecular weight is 397 g/mol. The monoisotopic (exact) mass is 397 g/mol. The summed E-state index contributed by atoms with van der Waals surface area (Å²) in [4.78, 5) is 30.9. The summed E-state index contributed by atoms with van der Waals surface area (Å²) in [6.07, 6.45) is 5.11. The van der Waals surface area contributed by atoms with Crippen LogP contribution >= 0.6 is 0 Å². The number of carbonyl (C=O) groups is 2. The van der Waals surface area contributed by atoms with Crippen molar-refractivity contribution in [1.29, 1.82) is 0 Å². The van der Waals surface area contributed by atoms with Crippen LogP contribution in [0.15, 0.2) is 42.7 Å². The van der Waals surface area contributed by atoms with E-state index in [1.165, 1.54) is 0 Å². The summed E-state index contributed by atoms with van der Waals surface area (Å²) in [5, 5.41) is 2.97. The molecular weight excluding hydrogens is 370 g/mol. The van der Waals surface area contributed by atoms with Crippen molar-refractivity contribution >= 4 is 11.8 Å². The summed E-state index contributed by atoms with van der Waals surface area (Å²) in [6, 6.07) is 9.29. The molecule has 3 rings (SSSR count). The smallest absolute Gasteiger partial charge is 0.226 e. The van der Waals surface area contributed by atoms with E-state index < -0.39 is 0 Å². The molecule has 0 saturated carbocycles. The number of nitrogens with one attached hydrogen (secondary N) is 1. The first-order valence-electron chi connectivity index (χ1n) is 9.76. The van der Waals surface area contributed by atoms with Gasteiger partial charge in [-0.1, -0.05) is 12.1 Å². The standard InChI is InChI=1S/C22H27N3O4/c1-28-19-6-5-16(12-20(19)29-2)13-21(26)25-10-7-18(8-11-25)22(27)24-15-17-4-3-9-23-14-17/h3-6,9,12,14,18H,7-8,10-11,13,15H2,1-2H3,(H,24,27). The Labute approximate surface area is 171 Å². The molecule has 1 aromatic carbocycles. The van der Waals surface area contributed by atoms with E-state index in [2.05, 4.69) is 10.3 Å². The number of ether oxygens (including phenoxy) is 2. The molecule has 1 N–H and O–H groups in total. The van der Waals surface area contributed by atoms with Crippen molar-refractivity contribution in [2.24, 2.45) is 5.92 Å². The number of pyridine rings is 1. The predicted molar refractivity (Wildman–Crippen MR) is 109 cm³/mol. The van der Waals surface area contributed by atoms with Gasteiger partial charge in [0.15, 0.2) is 11.5 Å². The first kappa shape index (κ1) is 20.6. The van der Waals surface area contributed by atoms with Crippen LogP contribution in [0.4, 0.5) is 0 Å². The van der Waals surface area contributed by atoms with Crippen molar-refractivity contribution in [2.45, 2.75) is 25.8 Å². The molecule has 1 aromatic heterocycles. The minimum atomic E-state index is -0.0585. The molecule has 2 aromatic rings. The van der Waals surface area contributed by atoms with Gasteiger partial charge >= 0.3 is 0 Å². The van der Waals surface area contributed by atoms with Crippen molar-refractivity contribution in [1.82, 2.24) is 15.2 Å². The number of likely N-dealkylation sites (tertiary alicyclic amines) is 1. The largest absolute Gasteiger partial charge is 0.493 e. The normalized spacial score (nSPS) is 14.3. The Morgan fingerprint density at radius 1 is 1.10 bits per heavy atom. The molecule has 7 heteroatoms. The Kier molecular flexibility index (Phi) is 7.05. The minimum absolute atomic E-state index is 0.0424. The van der Waals surface area contributed by atoms with Gasteiger partial charge in [-0.3, -0.25) is 14.6 Å². The van der Waals surface area contributed by atoms with Gasteiger partial charge in [0.2, 0.25) is 11.8 Å². The Morgan fingerprint density at radius 2 is 1.86 bits per heavy atom. The molecule has 0 aliphatic carbocycles. The second-order valence-electron chi connectivity index (χ2n) is 7.10. The van der Waals surface area contributed by atoms with Crippen molar-refractivity contribution in [3.05, 3.63) is 53.9 Å². The Hall–Kier alpha value is -3.09. The van der Waals surface area contributed by atoms with E-state index in [1.54, 1.807) is 32.7 Å². The highest BCUT2D eigenvalue weighted by Crippen LogP contribution is 2.28. The number of hydrogen-bond donors (Lipinski definition) is 1. The van der Waals surface area contributed by atoms with Crippen LogP contribution in [-0.2, 0) is 22.6 Å². The Morgan fingerprint density at radius 3 is 2.52 bits per heavy atom. The maximum Gasteiger partial charge on any atom is 0.226 e. The maximum atomic E-state index is 12.7. The van der Waals surface area contributed by atoms with Crippen LogP contribution in [0.3, 0.4) is 0 Å². The molecule has 0 atom stereocenters. The minimum Gasteiger partial charge on any atom is -0.493 e. The zero-order valence-corrected chi connectivity index (χ0v) is 16.9. The zero-order chi connectivity index (χ0) is 20.6. The number of benzene rings is 1. The fourth-order valence-electron chi connectivity index (χ4n) is 3.50. The molecule has 154 valence electrons. The zero-order valence-electron chi connectivity index (χ0n) is 16.9. The molecule has 0 unspecified atom stereocenters. The molecule has 1 aliphatic heterocycles. The number of methoxy groups -OCH3 is 2. The summed E-state index contributed by atoms with van der Waals surface area (Å²) in [6.45, 7) is 1.67. The second kappa shape index (κ2) is 9.91. The molecule has 29 heavy (non-hydrogen) atoms. The van der Waals surface area contributed by atoms with Crippen molar-refractivity contribution in [2.75, 3.05) is 27.3 Å². The molecule has 7 nitrogen and oxygen atoms in total. The Balaban J connectivity index is 1.47. The molecule has 2 heterocycles. The topological polar surface area (TPSA) is 80.8 Å². The van der Waals surface area contributed by atoms with Crippen molar-refractivity contribution in [3.63, 3.8) is 0 Å². The van der Waals surface area contributed by atoms with Gasteiger partial charge in [0.05, 0.1) is 20.6 Å². The third-order valence-electron chi connectivity index (χ3n) is 5.21. The van der Waals surface area contributed by atoms with Gasteiger partial charge in [-0.2, -0.15) is 0 Å². The molecule has 2 amide bonds. The highest BCUT2D eigenvalue weighted by Gasteiger charge is 2.27. The number of amides is 2.